The van der Waals surface area contributed by atoms with Gasteiger partial charge in [0.25, 0.3) is 0 Å². The third kappa shape index (κ3) is 3.11. The van der Waals surface area contributed by atoms with Gasteiger partial charge in [-0.2, -0.15) is 0 Å². The summed E-state index contributed by atoms with van der Waals surface area (Å²) in [5.41, 5.74) is 0.727. The van der Waals surface area contributed by atoms with Gasteiger partial charge < -0.3 is 23.9 Å². The molecule has 6 heteroatoms. The molecule has 1 aromatic rings. The summed E-state index contributed by atoms with van der Waals surface area (Å²) in [7, 11) is -0.557. The summed E-state index contributed by atoms with van der Waals surface area (Å²) in [6.07, 6.45) is 1.88. The monoisotopic (exact) mass is 318 g/mol. The summed E-state index contributed by atoms with van der Waals surface area (Å²) in [6.45, 7) is 8.95. The minimum absolute atomic E-state index is 0.134. The molecule has 2 aliphatic heterocycles. The van der Waals surface area contributed by atoms with Gasteiger partial charge in [0, 0.05) is 0 Å². The van der Waals surface area contributed by atoms with Crippen LogP contribution in [-0.4, -0.2) is 43.2 Å². The average Bonchev–Trinajstić information content (AvgIpc) is 2.72. The average molecular weight is 318 g/mol. The third-order valence-electron chi connectivity index (χ3n) is 4.66. The van der Waals surface area contributed by atoms with Crippen LogP contribution in [0.3, 0.4) is 0 Å². The van der Waals surface area contributed by atoms with Crippen LogP contribution >= 0.6 is 0 Å². The van der Waals surface area contributed by atoms with E-state index in [9.17, 15) is 5.11 Å². The molecule has 3 rings (SSSR count). The molecule has 5 nitrogen and oxygen atoms in total. The summed E-state index contributed by atoms with van der Waals surface area (Å²) in [4.78, 5) is 0. The first-order valence-corrected chi connectivity index (χ1v) is 7.89. The van der Waals surface area contributed by atoms with Crippen LogP contribution in [0.2, 0.25) is 0 Å². The van der Waals surface area contributed by atoms with Gasteiger partial charge in [0.2, 0.25) is 0 Å². The van der Waals surface area contributed by atoms with Gasteiger partial charge in [-0.15, -0.1) is 0 Å². The Hall–Kier alpha value is -1.50. The molecule has 124 valence electrons. The molecule has 0 amide bonds. The minimum atomic E-state index is -0.557. The topological polar surface area (TPSA) is 57.2 Å². The second-order valence-electron chi connectivity index (χ2n) is 6.87. The summed E-state index contributed by atoms with van der Waals surface area (Å²) < 4.78 is 23.1. The number of benzene rings is 1. The molecule has 0 aromatic heterocycles. The van der Waals surface area contributed by atoms with Gasteiger partial charge >= 0.3 is 7.12 Å². The number of hydrogen-bond acceptors (Lipinski definition) is 5. The second kappa shape index (κ2) is 5.85. The van der Waals surface area contributed by atoms with Gasteiger partial charge in [0.05, 0.1) is 17.8 Å². The minimum Gasteiger partial charge on any atom is -0.486 e. The lowest BCUT2D eigenvalue weighted by molar-refractivity contribution is 0.00578. The number of aliphatic hydroxyl groups excluding tert-OH is 1. The van der Waals surface area contributed by atoms with Crippen LogP contribution < -0.4 is 9.47 Å². The normalized spacial score (nSPS) is 22.3. The first-order valence-electron chi connectivity index (χ1n) is 7.89. The Morgan fingerprint density at radius 1 is 1.09 bits per heavy atom. The zero-order valence-electron chi connectivity index (χ0n) is 14.1. The zero-order valence-corrected chi connectivity index (χ0v) is 14.1. The number of fused-ring (bicyclic) bond motifs is 1. The van der Waals surface area contributed by atoms with E-state index in [2.05, 4.69) is 0 Å². The fraction of sp³-hybridized carbons (Fsp3) is 0.529. The number of ether oxygens (including phenoxy) is 2. The van der Waals surface area contributed by atoms with Crippen molar-refractivity contribution in [1.82, 2.24) is 0 Å². The Kier molecular flexibility index (Phi) is 4.17. The zero-order chi connectivity index (χ0) is 16.7. The predicted octanol–water partition coefficient (Wildman–Crippen LogP) is 2.46. The molecule has 0 spiro atoms. The number of rotatable bonds is 3. The summed E-state index contributed by atoms with van der Waals surface area (Å²) in [5.74, 6) is 1.46. The Labute approximate surface area is 137 Å². The lowest BCUT2D eigenvalue weighted by Gasteiger charge is -2.32. The molecule has 0 atom stereocenters. The maximum atomic E-state index is 9.74. The van der Waals surface area contributed by atoms with E-state index >= 15 is 0 Å². The van der Waals surface area contributed by atoms with E-state index in [1.165, 1.54) is 0 Å². The molecule has 1 aromatic carbocycles. The number of hydrogen-bond donors (Lipinski definition) is 1. The second-order valence-corrected chi connectivity index (χ2v) is 6.87. The standard InChI is InChI=1S/C17H23BO5/c1-16(2)17(3,4)23-18(22-16)13(11-19)9-12-5-6-14-15(10-12)21-8-7-20-14/h5-6,9-10,19H,7-8,11H2,1-4H3. The van der Waals surface area contributed by atoms with E-state index in [-0.39, 0.29) is 6.61 Å². The predicted molar refractivity (Wildman–Crippen MR) is 88.6 cm³/mol. The molecule has 0 radical (unpaired) electrons. The van der Waals surface area contributed by atoms with E-state index in [4.69, 9.17) is 18.8 Å². The van der Waals surface area contributed by atoms with E-state index in [1.807, 2.05) is 52.0 Å². The van der Waals surface area contributed by atoms with E-state index < -0.39 is 18.3 Å². The van der Waals surface area contributed by atoms with Crippen LogP contribution in [0.5, 0.6) is 11.5 Å². The highest BCUT2D eigenvalue weighted by Gasteiger charge is 2.52. The lowest BCUT2D eigenvalue weighted by atomic mass is 9.77. The van der Waals surface area contributed by atoms with Crippen molar-refractivity contribution in [2.24, 2.45) is 0 Å². The molecular formula is C17H23BO5. The summed E-state index contributed by atoms with van der Waals surface area (Å²) >= 11 is 0. The Balaban J connectivity index is 1.85. The van der Waals surface area contributed by atoms with Crippen LogP contribution in [0.15, 0.2) is 23.7 Å². The molecule has 23 heavy (non-hydrogen) atoms. The largest absolute Gasteiger partial charge is 0.492 e. The van der Waals surface area contributed by atoms with Crippen LogP contribution in [0.1, 0.15) is 33.3 Å². The first kappa shape index (κ1) is 16.4. The molecular weight excluding hydrogens is 295 g/mol. The highest BCUT2D eigenvalue weighted by molar-refractivity contribution is 6.55. The fourth-order valence-corrected chi connectivity index (χ4v) is 2.55. The molecule has 0 unspecified atom stereocenters. The highest BCUT2D eigenvalue weighted by Crippen LogP contribution is 2.39. The third-order valence-corrected chi connectivity index (χ3v) is 4.66. The van der Waals surface area contributed by atoms with Gasteiger partial charge in [-0.25, -0.2) is 0 Å². The first-order chi connectivity index (χ1) is 10.8. The van der Waals surface area contributed by atoms with Gasteiger partial charge in [-0.1, -0.05) is 12.1 Å². The van der Waals surface area contributed by atoms with Crippen molar-refractivity contribution in [3.8, 4) is 11.5 Å². The van der Waals surface area contributed by atoms with Gasteiger partial charge in [-0.3, -0.25) is 0 Å². The SMILES string of the molecule is CC1(C)OB(C(=Cc2ccc3c(c2)OCCO3)CO)OC1(C)C. The molecule has 1 N–H and O–H groups in total. The van der Waals surface area contributed by atoms with Crippen molar-refractivity contribution in [1.29, 1.82) is 0 Å². The fourth-order valence-electron chi connectivity index (χ4n) is 2.55. The van der Waals surface area contributed by atoms with E-state index in [0.29, 0.717) is 18.7 Å². The molecule has 1 saturated heterocycles. The molecule has 0 aliphatic carbocycles. The van der Waals surface area contributed by atoms with E-state index in [1.54, 1.807) is 0 Å². The van der Waals surface area contributed by atoms with Crippen molar-refractivity contribution >= 4 is 13.2 Å². The van der Waals surface area contributed by atoms with Crippen molar-refractivity contribution in [2.75, 3.05) is 19.8 Å². The maximum Gasteiger partial charge on any atom is 0.492 e. The summed E-state index contributed by atoms with van der Waals surface area (Å²) in [6, 6.07) is 5.70. The quantitative estimate of drug-likeness (QED) is 0.868. The molecule has 0 saturated carbocycles. The Bertz CT molecular complexity index is 607. The van der Waals surface area contributed by atoms with Crippen molar-refractivity contribution in [3.63, 3.8) is 0 Å². The molecule has 2 heterocycles. The molecule has 2 aliphatic rings. The Morgan fingerprint density at radius 3 is 2.30 bits per heavy atom. The lowest BCUT2D eigenvalue weighted by Crippen LogP contribution is -2.41. The van der Waals surface area contributed by atoms with Crippen LogP contribution in [0.25, 0.3) is 6.08 Å². The highest BCUT2D eigenvalue weighted by atomic mass is 16.7. The van der Waals surface area contributed by atoms with Gasteiger partial charge in [0.15, 0.2) is 11.5 Å². The number of aliphatic hydroxyl groups is 1. The Morgan fingerprint density at radius 2 is 1.70 bits per heavy atom. The van der Waals surface area contributed by atoms with Crippen LogP contribution in [-0.2, 0) is 9.31 Å². The van der Waals surface area contributed by atoms with Crippen LogP contribution in [0.4, 0.5) is 0 Å². The molecule has 0 bridgehead atoms. The summed E-state index contributed by atoms with van der Waals surface area (Å²) in [5, 5.41) is 9.74. The molecule has 1 fully saturated rings. The van der Waals surface area contributed by atoms with Crippen molar-refractivity contribution in [2.45, 2.75) is 38.9 Å². The maximum absolute atomic E-state index is 9.74. The van der Waals surface area contributed by atoms with Gasteiger partial charge in [-0.05, 0) is 50.9 Å². The smallest absolute Gasteiger partial charge is 0.486 e. The van der Waals surface area contributed by atoms with E-state index in [0.717, 1.165) is 17.1 Å². The van der Waals surface area contributed by atoms with Crippen molar-refractivity contribution in [3.05, 3.63) is 29.2 Å². The van der Waals surface area contributed by atoms with Crippen molar-refractivity contribution < 1.29 is 23.9 Å². The van der Waals surface area contributed by atoms with Gasteiger partial charge in [0.1, 0.15) is 13.2 Å². The van der Waals surface area contributed by atoms with Crippen LogP contribution in [0, 0.1) is 0 Å².